The van der Waals surface area contributed by atoms with Gasteiger partial charge in [0.25, 0.3) is 0 Å². The number of ether oxygens (including phenoxy) is 2. The summed E-state index contributed by atoms with van der Waals surface area (Å²) in [5.41, 5.74) is 0.425. The minimum absolute atomic E-state index is 0.0958. The van der Waals surface area contributed by atoms with Crippen LogP contribution in [0.25, 0.3) is 0 Å². The Morgan fingerprint density at radius 3 is 2.20 bits per heavy atom. The zero-order valence-electron chi connectivity index (χ0n) is 19.1. The van der Waals surface area contributed by atoms with Crippen molar-refractivity contribution < 1.29 is 23.9 Å². The van der Waals surface area contributed by atoms with Gasteiger partial charge in [-0.2, -0.15) is 0 Å². The fourth-order valence-corrected chi connectivity index (χ4v) is 3.68. The molecule has 0 aromatic heterocycles. The number of aldehydes is 1. The van der Waals surface area contributed by atoms with E-state index in [1.165, 1.54) is 0 Å². The number of rotatable bonds is 5. The average molecular weight is 418 g/mol. The molecule has 0 aliphatic carbocycles. The quantitative estimate of drug-likeness (QED) is 0.515. The number of esters is 1. The Hall–Kier alpha value is -2.37. The zero-order valence-corrected chi connectivity index (χ0v) is 19.1. The molecule has 166 valence electrons. The van der Waals surface area contributed by atoms with Crippen molar-refractivity contribution in [2.24, 2.45) is 11.8 Å². The molecule has 1 aliphatic rings. The summed E-state index contributed by atoms with van der Waals surface area (Å²) >= 11 is 0. The number of carbonyl (C=O) groups is 3. The van der Waals surface area contributed by atoms with Gasteiger partial charge in [-0.15, -0.1) is 0 Å². The van der Waals surface area contributed by atoms with Gasteiger partial charge in [0.2, 0.25) is 0 Å². The molecule has 0 bridgehead atoms. The van der Waals surface area contributed by atoms with E-state index >= 15 is 0 Å². The van der Waals surface area contributed by atoms with Crippen molar-refractivity contribution in [2.45, 2.75) is 72.0 Å². The molecule has 1 aromatic rings. The molecule has 1 atom stereocenters. The predicted octanol–water partition coefficient (Wildman–Crippen LogP) is 4.65. The van der Waals surface area contributed by atoms with Crippen LogP contribution in [0.15, 0.2) is 24.3 Å². The highest BCUT2D eigenvalue weighted by Gasteiger charge is 2.36. The Labute approximate surface area is 179 Å². The Kier molecular flexibility index (Phi) is 7.67. The lowest BCUT2D eigenvalue weighted by Crippen LogP contribution is -2.44. The molecule has 1 heterocycles. The number of likely N-dealkylation sites (tertiary alicyclic amines) is 1. The van der Waals surface area contributed by atoms with Crippen molar-refractivity contribution in [1.82, 2.24) is 4.90 Å². The van der Waals surface area contributed by atoms with Gasteiger partial charge in [0, 0.05) is 18.7 Å². The molecule has 6 nitrogen and oxygen atoms in total. The van der Waals surface area contributed by atoms with Crippen molar-refractivity contribution in [3.8, 4) is 0 Å². The van der Waals surface area contributed by atoms with Crippen LogP contribution >= 0.6 is 0 Å². The van der Waals surface area contributed by atoms with Crippen molar-refractivity contribution in [3.63, 3.8) is 0 Å². The first-order chi connectivity index (χ1) is 13.9. The van der Waals surface area contributed by atoms with Crippen LogP contribution < -0.4 is 0 Å². The maximum atomic E-state index is 13.0. The van der Waals surface area contributed by atoms with Gasteiger partial charge in [0.05, 0.1) is 5.92 Å². The fraction of sp³-hybridized carbons (Fsp3) is 0.625. The van der Waals surface area contributed by atoms with Crippen molar-refractivity contribution in [1.29, 1.82) is 0 Å². The molecule has 6 heteroatoms. The van der Waals surface area contributed by atoms with Crippen LogP contribution in [-0.2, 0) is 20.7 Å². The van der Waals surface area contributed by atoms with Crippen LogP contribution in [0.3, 0.4) is 0 Å². The number of benzene rings is 1. The van der Waals surface area contributed by atoms with E-state index in [0.29, 0.717) is 37.9 Å². The molecule has 1 amide bonds. The van der Waals surface area contributed by atoms with Crippen LogP contribution in [0, 0.1) is 11.8 Å². The van der Waals surface area contributed by atoms with Gasteiger partial charge in [-0.25, -0.2) is 4.79 Å². The minimum Gasteiger partial charge on any atom is -0.460 e. The van der Waals surface area contributed by atoms with E-state index in [1.807, 2.05) is 59.7 Å². The van der Waals surface area contributed by atoms with Crippen LogP contribution in [0.2, 0.25) is 0 Å². The summed E-state index contributed by atoms with van der Waals surface area (Å²) in [5, 5.41) is 0. The van der Waals surface area contributed by atoms with E-state index in [9.17, 15) is 14.4 Å². The zero-order chi connectivity index (χ0) is 22.5. The molecule has 0 N–H and O–H groups in total. The smallest absolute Gasteiger partial charge is 0.410 e. The lowest BCUT2D eigenvalue weighted by atomic mass is 9.80. The first-order valence-corrected chi connectivity index (χ1v) is 10.6. The van der Waals surface area contributed by atoms with E-state index in [0.717, 1.165) is 11.8 Å². The van der Waals surface area contributed by atoms with E-state index < -0.39 is 11.2 Å². The Bertz CT molecular complexity index is 752. The van der Waals surface area contributed by atoms with E-state index in [4.69, 9.17) is 9.47 Å². The number of nitrogens with zero attached hydrogens (tertiary/aromatic N) is 1. The van der Waals surface area contributed by atoms with Crippen molar-refractivity contribution in [3.05, 3.63) is 35.4 Å². The maximum absolute atomic E-state index is 13.0. The number of hydrogen-bond donors (Lipinski definition) is 0. The Morgan fingerprint density at radius 2 is 1.67 bits per heavy atom. The summed E-state index contributed by atoms with van der Waals surface area (Å²) in [5.74, 6) is -0.458. The number of piperidine rings is 1. The largest absolute Gasteiger partial charge is 0.460 e. The second-order valence-electron chi connectivity index (χ2n) is 10.0. The van der Waals surface area contributed by atoms with E-state index in [1.54, 1.807) is 11.0 Å². The number of amides is 1. The Balaban J connectivity index is 2.12. The summed E-state index contributed by atoms with van der Waals surface area (Å²) in [6.07, 6.45) is 2.42. The third kappa shape index (κ3) is 7.47. The summed E-state index contributed by atoms with van der Waals surface area (Å²) in [7, 11) is 0. The third-order valence-corrected chi connectivity index (χ3v) is 5.01. The van der Waals surface area contributed by atoms with Crippen molar-refractivity contribution in [2.75, 3.05) is 13.1 Å². The molecule has 0 saturated carbocycles. The second-order valence-corrected chi connectivity index (χ2v) is 10.0. The van der Waals surface area contributed by atoms with Gasteiger partial charge in [-0.1, -0.05) is 18.2 Å². The molecule has 0 radical (unpaired) electrons. The average Bonchev–Trinajstić information content (AvgIpc) is 2.63. The summed E-state index contributed by atoms with van der Waals surface area (Å²) in [4.78, 5) is 38.2. The molecule has 1 aromatic carbocycles. The standard InChI is InChI=1S/C24H35NO5/c1-23(2,3)29-21(27)20(15-17-8-7-9-18(14-17)16-26)19-10-12-25(13-11-19)22(28)30-24(4,5)6/h7-9,14,16,19-20H,10-13,15H2,1-6H3/t20-/m0/s1. The molecule has 0 spiro atoms. The molecule has 2 rings (SSSR count). The van der Waals surface area contributed by atoms with Gasteiger partial charge in [-0.3, -0.25) is 9.59 Å². The summed E-state index contributed by atoms with van der Waals surface area (Å²) < 4.78 is 11.2. The number of carbonyl (C=O) groups excluding carboxylic acids is 3. The normalized spacial score (nSPS) is 16.7. The highest BCUT2D eigenvalue weighted by molar-refractivity contribution is 5.76. The maximum Gasteiger partial charge on any atom is 0.410 e. The molecule has 0 unspecified atom stereocenters. The Morgan fingerprint density at radius 1 is 1.07 bits per heavy atom. The predicted molar refractivity (Wildman–Crippen MR) is 115 cm³/mol. The van der Waals surface area contributed by atoms with Crippen LogP contribution in [-0.4, -0.2) is 47.5 Å². The lowest BCUT2D eigenvalue weighted by molar-refractivity contribution is -0.162. The highest BCUT2D eigenvalue weighted by atomic mass is 16.6. The third-order valence-electron chi connectivity index (χ3n) is 5.01. The van der Waals surface area contributed by atoms with Crippen LogP contribution in [0.5, 0.6) is 0 Å². The molecular formula is C24H35NO5. The van der Waals surface area contributed by atoms with Gasteiger partial charge in [-0.05, 0) is 78.4 Å². The molecule has 1 fully saturated rings. The first-order valence-electron chi connectivity index (χ1n) is 10.6. The molecule has 1 aliphatic heterocycles. The summed E-state index contributed by atoms with van der Waals surface area (Å²) in [6.45, 7) is 12.2. The highest BCUT2D eigenvalue weighted by Crippen LogP contribution is 2.31. The second kappa shape index (κ2) is 9.63. The SMILES string of the molecule is CC(C)(C)OC(=O)[C@@H](Cc1cccc(C=O)c1)C1CCN(C(=O)OC(C)(C)C)CC1. The van der Waals surface area contributed by atoms with Gasteiger partial charge in [0.1, 0.15) is 17.5 Å². The van der Waals surface area contributed by atoms with Gasteiger partial charge >= 0.3 is 12.1 Å². The fourth-order valence-electron chi connectivity index (χ4n) is 3.68. The number of hydrogen-bond acceptors (Lipinski definition) is 5. The van der Waals surface area contributed by atoms with E-state index in [-0.39, 0.29) is 23.9 Å². The van der Waals surface area contributed by atoms with Crippen LogP contribution in [0.4, 0.5) is 4.79 Å². The minimum atomic E-state index is -0.572. The molecule has 30 heavy (non-hydrogen) atoms. The first kappa shape index (κ1) is 23.9. The van der Waals surface area contributed by atoms with E-state index in [2.05, 4.69) is 0 Å². The van der Waals surface area contributed by atoms with Gasteiger partial charge < -0.3 is 14.4 Å². The lowest BCUT2D eigenvalue weighted by Gasteiger charge is -2.36. The van der Waals surface area contributed by atoms with Gasteiger partial charge in [0.15, 0.2) is 0 Å². The topological polar surface area (TPSA) is 72.9 Å². The van der Waals surface area contributed by atoms with Crippen molar-refractivity contribution >= 4 is 18.3 Å². The summed E-state index contributed by atoms with van der Waals surface area (Å²) in [6, 6.07) is 7.33. The molecule has 1 saturated heterocycles. The molecular weight excluding hydrogens is 382 g/mol. The van der Waals surface area contributed by atoms with Crippen LogP contribution in [0.1, 0.15) is 70.3 Å². The monoisotopic (exact) mass is 417 g/mol.